The summed E-state index contributed by atoms with van der Waals surface area (Å²) in [7, 11) is 3.38. The maximum Gasteiger partial charge on any atom is 0.323 e. The Balaban J connectivity index is 2.58. The van der Waals surface area contributed by atoms with Gasteiger partial charge in [0.05, 0.1) is 5.69 Å². The average molecular weight is 185 g/mol. The summed E-state index contributed by atoms with van der Waals surface area (Å²) in [5.74, 6) is 0. The fraction of sp³-hybridized carbons (Fsp3) is 0.429. The molecular formula is C7H11N3OS. The van der Waals surface area contributed by atoms with Gasteiger partial charge in [-0.3, -0.25) is 5.32 Å². The van der Waals surface area contributed by atoms with Crippen LogP contribution < -0.4 is 5.32 Å². The topological polar surface area (TPSA) is 45.2 Å². The molecule has 0 saturated carbocycles. The van der Waals surface area contributed by atoms with Gasteiger partial charge in [-0.2, -0.15) is 0 Å². The number of hydrogen-bond acceptors (Lipinski definition) is 3. The van der Waals surface area contributed by atoms with E-state index in [-0.39, 0.29) is 6.03 Å². The van der Waals surface area contributed by atoms with E-state index in [9.17, 15) is 4.79 Å². The van der Waals surface area contributed by atoms with Gasteiger partial charge in [0, 0.05) is 19.5 Å². The average Bonchev–Trinajstić information content (AvgIpc) is 2.35. The first-order valence-corrected chi connectivity index (χ1v) is 4.38. The van der Waals surface area contributed by atoms with Crippen molar-refractivity contribution >= 4 is 22.5 Å². The first-order chi connectivity index (χ1) is 5.59. The lowest BCUT2D eigenvalue weighted by atomic mass is 10.6. The highest BCUT2D eigenvalue weighted by molar-refractivity contribution is 7.13. The van der Waals surface area contributed by atoms with Gasteiger partial charge in [0.2, 0.25) is 0 Å². The van der Waals surface area contributed by atoms with Crippen LogP contribution in [0.25, 0.3) is 0 Å². The van der Waals surface area contributed by atoms with Crippen LogP contribution in [-0.4, -0.2) is 30.0 Å². The molecule has 4 nitrogen and oxygen atoms in total. The van der Waals surface area contributed by atoms with Crippen LogP contribution in [0.5, 0.6) is 0 Å². The number of carbonyl (C=O) groups is 1. The molecule has 0 spiro atoms. The zero-order chi connectivity index (χ0) is 9.14. The van der Waals surface area contributed by atoms with Crippen molar-refractivity contribution in [2.24, 2.45) is 0 Å². The summed E-state index contributed by atoms with van der Waals surface area (Å²) in [6.45, 7) is 1.89. The van der Waals surface area contributed by atoms with Crippen molar-refractivity contribution in [1.29, 1.82) is 0 Å². The highest BCUT2D eigenvalue weighted by atomic mass is 32.1. The molecule has 12 heavy (non-hydrogen) atoms. The van der Waals surface area contributed by atoms with E-state index in [2.05, 4.69) is 10.3 Å². The second-order valence-electron chi connectivity index (χ2n) is 2.62. The maximum atomic E-state index is 11.1. The van der Waals surface area contributed by atoms with Gasteiger partial charge in [0.15, 0.2) is 5.13 Å². The van der Waals surface area contributed by atoms with Crippen LogP contribution in [-0.2, 0) is 0 Å². The van der Waals surface area contributed by atoms with Gasteiger partial charge in [-0.1, -0.05) is 0 Å². The van der Waals surface area contributed by atoms with Gasteiger partial charge in [0.1, 0.15) is 0 Å². The smallest absolute Gasteiger partial charge is 0.323 e. The molecule has 1 aromatic heterocycles. The lowest BCUT2D eigenvalue weighted by molar-refractivity contribution is 0.230. The molecule has 0 aliphatic rings. The Hall–Kier alpha value is -1.10. The van der Waals surface area contributed by atoms with E-state index in [0.717, 1.165) is 5.69 Å². The molecule has 0 bridgehead atoms. The normalized spacial score (nSPS) is 9.58. The summed E-state index contributed by atoms with van der Waals surface area (Å²) in [6.07, 6.45) is 0. The molecule has 0 aliphatic heterocycles. The summed E-state index contributed by atoms with van der Waals surface area (Å²) < 4.78 is 0. The van der Waals surface area contributed by atoms with Crippen molar-refractivity contribution in [1.82, 2.24) is 9.88 Å². The number of thiazole rings is 1. The molecule has 2 amide bonds. The van der Waals surface area contributed by atoms with Gasteiger partial charge < -0.3 is 4.90 Å². The lowest BCUT2D eigenvalue weighted by Crippen LogP contribution is -2.27. The number of anilines is 1. The number of urea groups is 1. The van der Waals surface area contributed by atoms with Gasteiger partial charge in [-0.05, 0) is 6.92 Å². The fourth-order valence-corrected chi connectivity index (χ4v) is 1.29. The summed E-state index contributed by atoms with van der Waals surface area (Å²) in [6, 6.07) is -0.149. The largest absolute Gasteiger partial charge is 0.331 e. The predicted molar refractivity (Wildman–Crippen MR) is 49.6 cm³/mol. The second kappa shape index (κ2) is 3.53. The third-order valence-corrected chi connectivity index (χ3v) is 2.11. The third kappa shape index (κ3) is 2.20. The molecular weight excluding hydrogens is 174 g/mol. The highest BCUT2D eigenvalue weighted by Crippen LogP contribution is 2.14. The minimum Gasteiger partial charge on any atom is -0.331 e. The Morgan fingerprint density at radius 1 is 1.67 bits per heavy atom. The SMILES string of the molecule is Cc1csc(NC(=O)N(C)C)n1. The number of nitrogens with one attached hydrogen (secondary N) is 1. The van der Waals surface area contributed by atoms with Crippen molar-refractivity contribution in [2.45, 2.75) is 6.92 Å². The molecule has 1 heterocycles. The van der Waals surface area contributed by atoms with Gasteiger partial charge in [-0.25, -0.2) is 9.78 Å². The van der Waals surface area contributed by atoms with E-state index in [1.165, 1.54) is 16.2 Å². The summed E-state index contributed by atoms with van der Waals surface area (Å²) in [5, 5.41) is 5.20. The summed E-state index contributed by atoms with van der Waals surface area (Å²) in [5.41, 5.74) is 0.925. The number of rotatable bonds is 1. The monoisotopic (exact) mass is 185 g/mol. The number of hydrogen-bond donors (Lipinski definition) is 1. The molecule has 0 fully saturated rings. The maximum absolute atomic E-state index is 11.1. The first-order valence-electron chi connectivity index (χ1n) is 3.50. The Bertz CT molecular complexity index is 282. The Kier molecular flexibility index (Phi) is 2.65. The highest BCUT2D eigenvalue weighted by Gasteiger charge is 2.05. The van der Waals surface area contributed by atoms with E-state index in [4.69, 9.17) is 0 Å². The lowest BCUT2D eigenvalue weighted by Gasteiger charge is -2.09. The van der Waals surface area contributed by atoms with E-state index in [1.54, 1.807) is 14.1 Å². The number of amides is 2. The Morgan fingerprint density at radius 2 is 2.33 bits per heavy atom. The predicted octanol–water partition coefficient (Wildman–Crippen LogP) is 1.55. The molecule has 0 radical (unpaired) electrons. The standard InChI is InChI=1S/C7H11N3OS/c1-5-4-12-6(8-5)9-7(11)10(2)3/h4H,1-3H3,(H,8,9,11). The Morgan fingerprint density at radius 3 is 2.75 bits per heavy atom. The quantitative estimate of drug-likeness (QED) is 0.721. The molecule has 1 aromatic rings. The molecule has 1 rings (SSSR count). The van der Waals surface area contributed by atoms with Crippen molar-refractivity contribution in [3.8, 4) is 0 Å². The minimum atomic E-state index is -0.149. The molecule has 0 unspecified atom stereocenters. The van der Waals surface area contributed by atoms with Crippen molar-refractivity contribution < 1.29 is 4.79 Å². The first kappa shape index (κ1) is 8.99. The molecule has 0 aliphatic carbocycles. The minimum absolute atomic E-state index is 0.149. The molecule has 1 N–H and O–H groups in total. The molecule has 0 atom stereocenters. The summed E-state index contributed by atoms with van der Waals surface area (Å²) >= 11 is 1.43. The van der Waals surface area contributed by atoms with E-state index < -0.39 is 0 Å². The molecule has 0 saturated heterocycles. The molecule has 0 aromatic carbocycles. The summed E-state index contributed by atoms with van der Waals surface area (Å²) in [4.78, 5) is 16.7. The van der Waals surface area contributed by atoms with Crippen LogP contribution >= 0.6 is 11.3 Å². The molecule has 5 heteroatoms. The van der Waals surface area contributed by atoms with E-state index >= 15 is 0 Å². The number of carbonyl (C=O) groups excluding carboxylic acids is 1. The van der Waals surface area contributed by atoms with Crippen LogP contribution in [0, 0.1) is 6.92 Å². The second-order valence-corrected chi connectivity index (χ2v) is 3.48. The number of aromatic nitrogens is 1. The number of nitrogens with zero attached hydrogens (tertiary/aromatic N) is 2. The van der Waals surface area contributed by atoms with Crippen LogP contribution in [0.4, 0.5) is 9.93 Å². The van der Waals surface area contributed by atoms with Gasteiger partial charge in [0.25, 0.3) is 0 Å². The van der Waals surface area contributed by atoms with Crippen molar-refractivity contribution in [3.05, 3.63) is 11.1 Å². The third-order valence-electron chi connectivity index (χ3n) is 1.24. The van der Waals surface area contributed by atoms with Crippen molar-refractivity contribution in [3.63, 3.8) is 0 Å². The fourth-order valence-electron chi connectivity index (χ4n) is 0.615. The van der Waals surface area contributed by atoms with Crippen molar-refractivity contribution in [2.75, 3.05) is 19.4 Å². The number of aryl methyl sites for hydroxylation is 1. The van der Waals surface area contributed by atoms with Crippen LogP contribution in [0.15, 0.2) is 5.38 Å². The molecule has 66 valence electrons. The van der Waals surface area contributed by atoms with Gasteiger partial charge >= 0.3 is 6.03 Å². The van der Waals surface area contributed by atoms with Gasteiger partial charge in [-0.15, -0.1) is 11.3 Å². The van der Waals surface area contributed by atoms with E-state index in [1.807, 2.05) is 12.3 Å². The van der Waals surface area contributed by atoms with Crippen LogP contribution in [0.3, 0.4) is 0 Å². The Labute approximate surface area is 75.2 Å². The zero-order valence-electron chi connectivity index (χ0n) is 7.29. The zero-order valence-corrected chi connectivity index (χ0v) is 8.10. The van der Waals surface area contributed by atoms with E-state index in [0.29, 0.717) is 5.13 Å². The van der Waals surface area contributed by atoms with Crippen LogP contribution in [0.2, 0.25) is 0 Å². The van der Waals surface area contributed by atoms with Crippen LogP contribution in [0.1, 0.15) is 5.69 Å².